The molecule has 2 heterocycles. The van der Waals surface area contributed by atoms with Gasteiger partial charge in [0.05, 0.1) is 12.1 Å². The molecule has 0 aromatic carbocycles. The van der Waals surface area contributed by atoms with Crippen molar-refractivity contribution in [1.29, 1.82) is 0 Å². The summed E-state index contributed by atoms with van der Waals surface area (Å²) in [5.74, 6) is 1.57. The number of H-pyrrole nitrogens is 1. The van der Waals surface area contributed by atoms with E-state index < -0.39 is 0 Å². The van der Waals surface area contributed by atoms with E-state index in [4.69, 9.17) is 0 Å². The summed E-state index contributed by atoms with van der Waals surface area (Å²) in [7, 11) is 0. The van der Waals surface area contributed by atoms with Crippen molar-refractivity contribution in [2.45, 2.75) is 25.5 Å². The first-order valence-corrected chi connectivity index (χ1v) is 4.06. The second-order valence-electron chi connectivity index (χ2n) is 3.13. The highest BCUT2D eigenvalue weighted by Crippen LogP contribution is 2.19. The molecule has 1 aromatic rings. The molecule has 3 N–H and O–H groups in total. The normalized spacial score (nSPS) is 29.5. The first kappa shape index (κ1) is 7.70. The molecule has 1 aliphatic rings. The minimum absolute atomic E-state index is 0.116. The summed E-state index contributed by atoms with van der Waals surface area (Å²) in [6, 6.07) is 0.116. The van der Waals surface area contributed by atoms with Gasteiger partial charge in [0.15, 0.2) is 5.82 Å². The molecule has 0 saturated carbocycles. The third-order valence-electron chi connectivity index (χ3n) is 2.03. The van der Waals surface area contributed by atoms with E-state index in [0.29, 0.717) is 13.0 Å². The van der Waals surface area contributed by atoms with Crippen LogP contribution in [0, 0.1) is 6.92 Å². The van der Waals surface area contributed by atoms with Gasteiger partial charge in [-0.3, -0.25) is 5.10 Å². The van der Waals surface area contributed by atoms with Gasteiger partial charge in [-0.1, -0.05) is 0 Å². The molecule has 5 heteroatoms. The summed E-state index contributed by atoms with van der Waals surface area (Å²) in [4.78, 5) is 4.19. The molecule has 0 amide bonds. The molecule has 1 aliphatic heterocycles. The van der Waals surface area contributed by atoms with Gasteiger partial charge < -0.3 is 10.4 Å². The molecular formula is C7H12N4O. The zero-order valence-corrected chi connectivity index (χ0v) is 6.91. The van der Waals surface area contributed by atoms with Crippen LogP contribution < -0.4 is 5.32 Å². The minimum atomic E-state index is -0.256. The Kier molecular flexibility index (Phi) is 1.82. The van der Waals surface area contributed by atoms with Crippen LogP contribution in [-0.2, 0) is 0 Å². The summed E-state index contributed by atoms with van der Waals surface area (Å²) < 4.78 is 0. The number of hydrogen-bond donors (Lipinski definition) is 3. The molecule has 66 valence electrons. The SMILES string of the molecule is Cc1nc([C@H]2C[C@@H](O)CN2)n[nH]1. The highest BCUT2D eigenvalue weighted by Gasteiger charge is 2.26. The van der Waals surface area contributed by atoms with Crippen molar-refractivity contribution in [2.75, 3.05) is 6.54 Å². The summed E-state index contributed by atoms with van der Waals surface area (Å²) in [5, 5.41) is 19.2. The van der Waals surface area contributed by atoms with Crippen LogP contribution in [0.3, 0.4) is 0 Å². The van der Waals surface area contributed by atoms with Crippen molar-refractivity contribution in [2.24, 2.45) is 0 Å². The van der Waals surface area contributed by atoms with Crippen molar-refractivity contribution in [3.8, 4) is 0 Å². The highest BCUT2D eigenvalue weighted by molar-refractivity contribution is 4.99. The molecule has 2 atom stereocenters. The molecule has 5 nitrogen and oxygen atoms in total. The van der Waals surface area contributed by atoms with E-state index in [-0.39, 0.29) is 12.1 Å². The molecule has 1 saturated heterocycles. The van der Waals surface area contributed by atoms with Crippen LogP contribution in [0.25, 0.3) is 0 Å². The molecule has 2 rings (SSSR count). The van der Waals surface area contributed by atoms with Gasteiger partial charge in [0.2, 0.25) is 0 Å². The standard InChI is InChI=1S/C7H12N4O/c1-4-9-7(11-10-4)6-2-5(12)3-8-6/h5-6,8,12H,2-3H2,1H3,(H,9,10,11)/t5-,6-/m1/s1. The zero-order valence-electron chi connectivity index (χ0n) is 6.91. The van der Waals surface area contributed by atoms with E-state index in [0.717, 1.165) is 11.6 Å². The Labute approximate surface area is 70.2 Å². The minimum Gasteiger partial charge on any atom is -0.392 e. The van der Waals surface area contributed by atoms with Gasteiger partial charge in [-0.05, 0) is 13.3 Å². The number of rotatable bonds is 1. The van der Waals surface area contributed by atoms with Crippen LogP contribution in [0.4, 0.5) is 0 Å². The molecule has 0 aliphatic carbocycles. The molecule has 1 aromatic heterocycles. The first-order valence-electron chi connectivity index (χ1n) is 4.06. The molecule has 12 heavy (non-hydrogen) atoms. The van der Waals surface area contributed by atoms with Crippen molar-refractivity contribution < 1.29 is 5.11 Å². The van der Waals surface area contributed by atoms with E-state index in [1.165, 1.54) is 0 Å². The van der Waals surface area contributed by atoms with Crippen molar-refractivity contribution in [3.63, 3.8) is 0 Å². The van der Waals surface area contributed by atoms with Gasteiger partial charge in [0.1, 0.15) is 5.82 Å². The number of aliphatic hydroxyl groups is 1. The summed E-state index contributed by atoms with van der Waals surface area (Å²) in [5.41, 5.74) is 0. The Hall–Kier alpha value is -0.940. The van der Waals surface area contributed by atoms with Crippen LogP contribution in [0.2, 0.25) is 0 Å². The maximum atomic E-state index is 9.24. The molecule has 0 radical (unpaired) electrons. The Bertz CT molecular complexity index is 272. The van der Waals surface area contributed by atoms with Crippen LogP contribution in [-0.4, -0.2) is 32.9 Å². The number of nitrogens with one attached hydrogen (secondary N) is 2. The van der Waals surface area contributed by atoms with E-state index in [2.05, 4.69) is 20.5 Å². The number of hydrogen-bond acceptors (Lipinski definition) is 4. The predicted octanol–water partition coefficient (Wildman–Crippen LogP) is -0.492. The Morgan fingerprint density at radius 3 is 2.92 bits per heavy atom. The lowest BCUT2D eigenvalue weighted by atomic mass is 10.2. The van der Waals surface area contributed by atoms with E-state index in [1.807, 2.05) is 6.92 Å². The maximum absolute atomic E-state index is 9.24. The summed E-state index contributed by atoms with van der Waals surface area (Å²) in [6.07, 6.45) is 0.450. The van der Waals surface area contributed by atoms with Crippen LogP contribution in [0.1, 0.15) is 24.1 Å². The van der Waals surface area contributed by atoms with Gasteiger partial charge in [0.25, 0.3) is 0 Å². The van der Waals surface area contributed by atoms with Gasteiger partial charge >= 0.3 is 0 Å². The number of aryl methyl sites for hydroxylation is 1. The summed E-state index contributed by atoms with van der Waals surface area (Å²) in [6.45, 7) is 2.50. The smallest absolute Gasteiger partial charge is 0.167 e. The van der Waals surface area contributed by atoms with Crippen molar-refractivity contribution >= 4 is 0 Å². The van der Waals surface area contributed by atoms with Crippen LogP contribution in [0.15, 0.2) is 0 Å². The Morgan fingerprint density at radius 2 is 2.42 bits per heavy atom. The van der Waals surface area contributed by atoms with E-state index in [9.17, 15) is 5.11 Å². The molecule has 0 spiro atoms. The first-order chi connectivity index (χ1) is 5.75. The van der Waals surface area contributed by atoms with E-state index >= 15 is 0 Å². The third-order valence-corrected chi connectivity index (χ3v) is 2.03. The number of aliphatic hydroxyl groups excluding tert-OH is 1. The molecule has 1 fully saturated rings. The second kappa shape index (κ2) is 2.84. The van der Waals surface area contributed by atoms with Gasteiger partial charge in [-0.25, -0.2) is 4.98 Å². The highest BCUT2D eigenvalue weighted by atomic mass is 16.3. The average Bonchev–Trinajstić information content (AvgIpc) is 2.58. The zero-order chi connectivity index (χ0) is 8.55. The van der Waals surface area contributed by atoms with Gasteiger partial charge in [0, 0.05) is 6.54 Å². The van der Waals surface area contributed by atoms with Gasteiger partial charge in [-0.15, -0.1) is 0 Å². The number of aromatic nitrogens is 3. The maximum Gasteiger partial charge on any atom is 0.167 e. The fraction of sp³-hybridized carbons (Fsp3) is 0.714. The topological polar surface area (TPSA) is 73.8 Å². The Balaban J connectivity index is 2.11. The van der Waals surface area contributed by atoms with Crippen LogP contribution >= 0.6 is 0 Å². The lowest BCUT2D eigenvalue weighted by Gasteiger charge is -2.02. The fourth-order valence-corrected chi connectivity index (χ4v) is 1.43. The predicted molar refractivity (Wildman–Crippen MR) is 42.5 cm³/mol. The number of nitrogens with zero attached hydrogens (tertiary/aromatic N) is 2. The number of β-amino-alcohol motifs (C(OH)–C–C–N with tert-alkyl or cyclic N) is 1. The molecular weight excluding hydrogens is 156 g/mol. The quantitative estimate of drug-likeness (QED) is 0.529. The Morgan fingerprint density at radius 1 is 1.58 bits per heavy atom. The van der Waals surface area contributed by atoms with Crippen molar-refractivity contribution in [1.82, 2.24) is 20.5 Å². The largest absolute Gasteiger partial charge is 0.392 e. The van der Waals surface area contributed by atoms with Gasteiger partial charge in [-0.2, -0.15) is 5.10 Å². The second-order valence-corrected chi connectivity index (χ2v) is 3.13. The fourth-order valence-electron chi connectivity index (χ4n) is 1.43. The monoisotopic (exact) mass is 168 g/mol. The average molecular weight is 168 g/mol. The van der Waals surface area contributed by atoms with E-state index in [1.54, 1.807) is 0 Å². The lowest BCUT2D eigenvalue weighted by molar-refractivity contribution is 0.193. The molecule has 0 unspecified atom stereocenters. The third kappa shape index (κ3) is 1.33. The summed E-state index contributed by atoms with van der Waals surface area (Å²) >= 11 is 0. The lowest BCUT2D eigenvalue weighted by Crippen LogP contribution is -2.15. The van der Waals surface area contributed by atoms with Crippen molar-refractivity contribution in [3.05, 3.63) is 11.6 Å². The molecule has 0 bridgehead atoms. The number of aromatic amines is 1. The van der Waals surface area contributed by atoms with Crippen LogP contribution in [0.5, 0.6) is 0 Å².